The van der Waals surface area contributed by atoms with E-state index in [4.69, 9.17) is 0 Å². The van der Waals surface area contributed by atoms with Crippen LogP contribution in [0.25, 0.3) is 10.2 Å². The number of piperazine rings is 1. The smallest absolute Gasteiger partial charge is 0.229 e. The van der Waals surface area contributed by atoms with E-state index in [9.17, 15) is 9.59 Å². The predicted octanol–water partition coefficient (Wildman–Crippen LogP) is 2.70. The van der Waals surface area contributed by atoms with Crippen molar-refractivity contribution < 1.29 is 9.59 Å². The van der Waals surface area contributed by atoms with Crippen LogP contribution in [0, 0.1) is 12.8 Å². The molecule has 1 atom stereocenters. The van der Waals surface area contributed by atoms with Gasteiger partial charge in [0, 0.05) is 45.3 Å². The van der Waals surface area contributed by atoms with Crippen molar-refractivity contribution in [2.45, 2.75) is 13.3 Å². The predicted molar refractivity (Wildman–Crippen MR) is 118 cm³/mol. The minimum atomic E-state index is -0.298. The fourth-order valence-electron chi connectivity index (χ4n) is 4.24. The molecule has 1 aromatic carbocycles. The highest BCUT2D eigenvalue weighted by Gasteiger charge is 2.39. The van der Waals surface area contributed by atoms with Gasteiger partial charge < -0.3 is 9.80 Å². The monoisotopic (exact) mass is 421 g/mol. The molecule has 0 bridgehead atoms. The average Bonchev–Trinajstić information content (AvgIpc) is 3.37. The number of anilines is 2. The first-order valence-corrected chi connectivity index (χ1v) is 11.0. The van der Waals surface area contributed by atoms with Crippen LogP contribution in [0.2, 0.25) is 0 Å². The van der Waals surface area contributed by atoms with Gasteiger partial charge >= 0.3 is 0 Å². The molecule has 154 valence electrons. The molecule has 0 radical (unpaired) electrons. The van der Waals surface area contributed by atoms with Crippen LogP contribution in [0.15, 0.2) is 42.6 Å². The van der Waals surface area contributed by atoms with Gasteiger partial charge in [0.25, 0.3) is 0 Å². The molecule has 3 aromatic rings. The Balaban J connectivity index is 1.24. The molecule has 2 amide bonds. The van der Waals surface area contributed by atoms with Gasteiger partial charge in [0.2, 0.25) is 11.8 Å². The Morgan fingerprint density at radius 1 is 1.10 bits per heavy atom. The number of pyridine rings is 1. The molecular formula is C22H23N5O2S. The number of nitrogens with zero attached hydrogens (tertiary/aromatic N) is 5. The van der Waals surface area contributed by atoms with E-state index in [0.29, 0.717) is 24.8 Å². The van der Waals surface area contributed by atoms with Gasteiger partial charge in [0.1, 0.15) is 5.82 Å². The summed E-state index contributed by atoms with van der Waals surface area (Å²) in [7, 11) is 0. The van der Waals surface area contributed by atoms with Crippen LogP contribution >= 0.6 is 11.3 Å². The zero-order valence-corrected chi connectivity index (χ0v) is 17.6. The summed E-state index contributed by atoms with van der Waals surface area (Å²) in [6.07, 6.45) is 2.06. The second-order valence-electron chi connectivity index (χ2n) is 7.83. The first-order valence-electron chi connectivity index (χ1n) is 10.2. The fourth-order valence-corrected chi connectivity index (χ4v) is 5.23. The summed E-state index contributed by atoms with van der Waals surface area (Å²) in [5, 5.41) is 0.687. The Morgan fingerprint density at radius 2 is 1.90 bits per heavy atom. The number of carbonyl (C=O) groups excluding carboxylic acids is 2. The second-order valence-corrected chi connectivity index (χ2v) is 8.83. The molecule has 5 rings (SSSR count). The second kappa shape index (κ2) is 7.68. The van der Waals surface area contributed by atoms with E-state index in [0.717, 1.165) is 34.7 Å². The lowest BCUT2D eigenvalue weighted by Gasteiger charge is -2.37. The molecular weight excluding hydrogens is 398 g/mol. The molecule has 2 saturated heterocycles. The highest BCUT2D eigenvalue weighted by atomic mass is 32.1. The zero-order valence-electron chi connectivity index (χ0n) is 16.8. The Morgan fingerprint density at radius 3 is 2.67 bits per heavy atom. The number of para-hydroxylation sites is 1. The zero-order chi connectivity index (χ0) is 20.7. The third kappa shape index (κ3) is 3.41. The van der Waals surface area contributed by atoms with E-state index < -0.39 is 0 Å². The first kappa shape index (κ1) is 19.0. The van der Waals surface area contributed by atoms with E-state index in [1.165, 1.54) is 11.3 Å². The Bertz CT molecular complexity index is 1070. The van der Waals surface area contributed by atoms with Gasteiger partial charge in [-0.1, -0.05) is 29.5 Å². The summed E-state index contributed by atoms with van der Waals surface area (Å²) >= 11 is 1.50. The van der Waals surface area contributed by atoms with Crippen molar-refractivity contribution in [1.82, 2.24) is 14.9 Å². The molecule has 8 heteroatoms. The van der Waals surface area contributed by atoms with Crippen molar-refractivity contribution in [1.29, 1.82) is 0 Å². The van der Waals surface area contributed by atoms with Gasteiger partial charge in [-0.15, -0.1) is 0 Å². The standard InChI is InChI=1S/C22H23N5O2S/c1-15-5-4-8-23-20(15)25-9-11-26(12-10-25)21(29)16-13-19(28)27(14-16)22-24-17-6-2-3-7-18(17)30-22/h2-8,16H,9-14H2,1H3. The first-order chi connectivity index (χ1) is 14.6. The molecule has 2 aliphatic heterocycles. The highest BCUT2D eigenvalue weighted by molar-refractivity contribution is 7.22. The van der Waals surface area contributed by atoms with Gasteiger partial charge in [0.15, 0.2) is 5.13 Å². The Labute approximate surface area is 178 Å². The van der Waals surface area contributed by atoms with Crippen LogP contribution in [0.4, 0.5) is 10.9 Å². The van der Waals surface area contributed by atoms with Crippen LogP contribution < -0.4 is 9.80 Å². The number of aryl methyl sites for hydroxylation is 1. The maximum atomic E-state index is 13.1. The Kier molecular flexibility index (Phi) is 4.86. The van der Waals surface area contributed by atoms with Gasteiger partial charge in [-0.3, -0.25) is 14.5 Å². The van der Waals surface area contributed by atoms with Gasteiger partial charge in [0.05, 0.1) is 16.1 Å². The number of fused-ring (bicyclic) bond motifs is 1. The lowest BCUT2D eigenvalue weighted by atomic mass is 10.1. The lowest BCUT2D eigenvalue weighted by Crippen LogP contribution is -2.51. The number of carbonyl (C=O) groups is 2. The van der Waals surface area contributed by atoms with E-state index in [1.807, 2.05) is 35.2 Å². The third-order valence-electron chi connectivity index (χ3n) is 5.86. The quantitative estimate of drug-likeness (QED) is 0.650. The molecule has 2 aromatic heterocycles. The van der Waals surface area contributed by atoms with Crippen molar-refractivity contribution in [3.8, 4) is 0 Å². The molecule has 2 aliphatic rings. The molecule has 0 N–H and O–H groups in total. The molecule has 0 spiro atoms. The lowest BCUT2D eigenvalue weighted by molar-refractivity contribution is -0.136. The summed E-state index contributed by atoms with van der Waals surface area (Å²) in [5.41, 5.74) is 2.03. The largest absolute Gasteiger partial charge is 0.353 e. The molecule has 4 heterocycles. The fraction of sp³-hybridized carbons (Fsp3) is 0.364. The maximum Gasteiger partial charge on any atom is 0.229 e. The van der Waals surface area contributed by atoms with Crippen molar-refractivity contribution in [2.75, 3.05) is 42.5 Å². The summed E-state index contributed by atoms with van der Waals surface area (Å²) in [6, 6.07) is 11.8. The number of aromatic nitrogens is 2. The molecule has 0 aliphatic carbocycles. The van der Waals surface area contributed by atoms with Crippen LogP contribution in [0.1, 0.15) is 12.0 Å². The number of amides is 2. The topological polar surface area (TPSA) is 69.6 Å². The van der Waals surface area contributed by atoms with Crippen molar-refractivity contribution in [3.63, 3.8) is 0 Å². The van der Waals surface area contributed by atoms with Gasteiger partial charge in [-0.05, 0) is 30.7 Å². The van der Waals surface area contributed by atoms with Crippen LogP contribution in [0.5, 0.6) is 0 Å². The van der Waals surface area contributed by atoms with Crippen molar-refractivity contribution in [2.24, 2.45) is 5.92 Å². The minimum Gasteiger partial charge on any atom is -0.353 e. The number of hydrogen-bond acceptors (Lipinski definition) is 6. The number of benzene rings is 1. The SMILES string of the molecule is Cc1cccnc1N1CCN(C(=O)C2CC(=O)N(c3nc4ccccc4s3)C2)CC1. The summed E-state index contributed by atoms with van der Waals surface area (Å²) in [5.74, 6) is 0.745. The highest BCUT2D eigenvalue weighted by Crippen LogP contribution is 2.33. The van der Waals surface area contributed by atoms with E-state index in [2.05, 4.69) is 27.9 Å². The third-order valence-corrected chi connectivity index (χ3v) is 6.92. The number of rotatable bonds is 3. The number of thiazole rings is 1. The molecule has 0 saturated carbocycles. The van der Waals surface area contributed by atoms with Gasteiger partial charge in [-0.25, -0.2) is 9.97 Å². The Hall–Kier alpha value is -3.00. The van der Waals surface area contributed by atoms with E-state index >= 15 is 0 Å². The van der Waals surface area contributed by atoms with E-state index in [-0.39, 0.29) is 24.2 Å². The minimum absolute atomic E-state index is 0.0184. The average molecular weight is 422 g/mol. The summed E-state index contributed by atoms with van der Waals surface area (Å²) in [4.78, 5) is 40.6. The summed E-state index contributed by atoms with van der Waals surface area (Å²) < 4.78 is 1.05. The molecule has 1 unspecified atom stereocenters. The van der Waals surface area contributed by atoms with Crippen molar-refractivity contribution in [3.05, 3.63) is 48.2 Å². The van der Waals surface area contributed by atoms with Crippen LogP contribution in [-0.2, 0) is 9.59 Å². The molecule has 2 fully saturated rings. The van der Waals surface area contributed by atoms with Crippen LogP contribution in [-0.4, -0.2) is 59.4 Å². The molecule has 7 nitrogen and oxygen atoms in total. The maximum absolute atomic E-state index is 13.1. The number of hydrogen-bond donors (Lipinski definition) is 0. The van der Waals surface area contributed by atoms with E-state index in [1.54, 1.807) is 11.1 Å². The summed E-state index contributed by atoms with van der Waals surface area (Å²) in [6.45, 7) is 5.29. The molecule has 30 heavy (non-hydrogen) atoms. The van der Waals surface area contributed by atoms with Crippen LogP contribution in [0.3, 0.4) is 0 Å². The van der Waals surface area contributed by atoms with Gasteiger partial charge in [-0.2, -0.15) is 0 Å². The normalized spacial score (nSPS) is 19.7. The van der Waals surface area contributed by atoms with Crippen molar-refractivity contribution >= 4 is 44.3 Å².